The van der Waals surface area contributed by atoms with Gasteiger partial charge in [0.15, 0.2) is 0 Å². The van der Waals surface area contributed by atoms with E-state index in [2.05, 4.69) is 0 Å². The Morgan fingerprint density at radius 2 is 2.06 bits per heavy atom. The van der Waals surface area contributed by atoms with E-state index in [1.165, 1.54) is 6.92 Å². The second-order valence-corrected chi connectivity index (χ2v) is 3.31. The largest absolute Gasteiger partial charge is 0.497 e. The van der Waals surface area contributed by atoms with E-state index in [9.17, 15) is 4.79 Å². The second kappa shape index (κ2) is 6.58. The van der Waals surface area contributed by atoms with Crippen LogP contribution in [0.5, 0.6) is 11.5 Å². The van der Waals surface area contributed by atoms with E-state index in [0.717, 1.165) is 11.3 Å². The summed E-state index contributed by atoms with van der Waals surface area (Å²) in [6, 6.07) is 5.52. The van der Waals surface area contributed by atoms with Crippen LogP contribution in [0.1, 0.15) is 12.5 Å². The first-order valence-electron chi connectivity index (χ1n) is 5.19. The summed E-state index contributed by atoms with van der Waals surface area (Å²) in [6.07, 6.45) is 3.59. The van der Waals surface area contributed by atoms with Crippen molar-refractivity contribution in [3.63, 3.8) is 0 Å². The number of ether oxygens (including phenoxy) is 3. The molecule has 4 heteroatoms. The molecule has 0 radical (unpaired) electrons. The number of methoxy groups -OCH3 is 2. The lowest BCUT2D eigenvalue weighted by molar-refractivity contribution is -0.139. The number of benzene rings is 1. The summed E-state index contributed by atoms with van der Waals surface area (Å²) < 4.78 is 15.1. The van der Waals surface area contributed by atoms with Crippen molar-refractivity contribution in [3.8, 4) is 11.5 Å². The molecule has 1 rings (SSSR count). The predicted molar refractivity (Wildman–Crippen MR) is 65.2 cm³/mol. The third-order valence-electron chi connectivity index (χ3n) is 2.12. The normalized spacial score (nSPS) is 10.3. The van der Waals surface area contributed by atoms with Gasteiger partial charge in [0, 0.05) is 18.6 Å². The van der Waals surface area contributed by atoms with Crippen molar-refractivity contribution in [1.29, 1.82) is 0 Å². The molecule has 0 fully saturated rings. The topological polar surface area (TPSA) is 44.8 Å². The molecule has 4 nitrogen and oxygen atoms in total. The summed E-state index contributed by atoms with van der Waals surface area (Å²) in [5, 5.41) is 0. The first-order valence-corrected chi connectivity index (χ1v) is 5.19. The van der Waals surface area contributed by atoms with E-state index in [0.29, 0.717) is 5.75 Å². The van der Waals surface area contributed by atoms with Crippen LogP contribution in [-0.2, 0) is 9.53 Å². The summed E-state index contributed by atoms with van der Waals surface area (Å²) in [4.78, 5) is 10.6. The van der Waals surface area contributed by atoms with Gasteiger partial charge in [-0.25, -0.2) is 0 Å². The standard InChI is InChI=1S/C13H16O4/c1-10(14)17-8-4-5-11-6-7-12(15-2)9-13(11)16-3/h4-7,9H,8H2,1-3H3/b5-4+. The third-order valence-corrected chi connectivity index (χ3v) is 2.12. The van der Waals surface area contributed by atoms with E-state index in [1.54, 1.807) is 26.4 Å². The fraction of sp³-hybridized carbons (Fsp3) is 0.308. The van der Waals surface area contributed by atoms with Crippen LogP contribution in [-0.4, -0.2) is 26.8 Å². The highest BCUT2D eigenvalue weighted by Gasteiger charge is 2.01. The van der Waals surface area contributed by atoms with Gasteiger partial charge in [-0.05, 0) is 18.2 Å². The molecule has 0 bridgehead atoms. The zero-order valence-corrected chi connectivity index (χ0v) is 10.2. The number of carbonyl (C=O) groups is 1. The van der Waals surface area contributed by atoms with Crippen molar-refractivity contribution in [3.05, 3.63) is 29.8 Å². The average molecular weight is 236 g/mol. The van der Waals surface area contributed by atoms with E-state index >= 15 is 0 Å². The third kappa shape index (κ3) is 4.18. The number of rotatable bonds is 5. The predicted octanol–water partition coefficient (Wildman–Crippen LogP) is 2.28. The van der Waals surface area contributed by atoms with Crippen molar-refractivity contribution < 1.29 is 19.0 Å². The second-order valence-electron chi connectivity index (χ2n) is 3.31. The Bertz CT molecular complexity index is 410. The summed E-state index contributed by atoms with van der Waals surface area (Å²) in [5.74, 6) is 1.15. The molecule has 0 aliphatic carbocycles. The van der Waals surface area contributed by atoms with Crippen molar-refractivity contribution in [2.24, 2.45) is 0 Å². The molecular weight excluding hydrogens is 220 g/mol. The number of esters is 1. The highest BCUT2D eigenvalue weighted by molar-refractivity contribution is 5.66. The summed E-state index contributed by atoms with van der Waals surface area (Å²) >= 11 is 0. The number of carbonyl (C=O) groups excluding carboxylic acids is 1. The fourth-order valence-corrected chi connectivity index (χ4v) is 1.30. The SMILES string of the molecule is COc1ccc(/C=C/COC(C)=O)c(OC)c1. The number of hydrogen-bond donors (Lipinski definition) is 0. The minimum Gasteiger partial charge on any atom is -0.497 e. The lowest BCUT2D eigenvalue weighted by Crippen LogP contribution is -1.97. The Hall–Kier alpha value is -1.97. The Kier molecular flexibility index (Phi) is 5.07. The van der Waals surface area contributed by atoms with Crippen LogP contribution in [0.4, 0.5) is 0 Å². The van der Waals surface area contributed by atoms with E-state index in [4.69, 9.17) is 14.2 Å². The lowest BCUT2D eigenvalue weighted by atomic mass is 10.2. The van der Waals surface area contributed by atoms with Crippen LogP contribution in [0.15, 0.2) is 24.3 Å². The molecule has 1 aromatic carbocycles. The van der Waals surface area contributed by atoms with Gasteiger partial charge in [0.2, 0.25) is 0 Å². The lowest BCUT2D eigenvalue weighted by Gasteiger charge is -2.07. The molecule has 17 heavy (non-hydrogen) atoms. The molecular formula is C13H16O4. The van der Waals surface area contributed by atoms with Crippen molar-refractivity contribution in [1.82, 2.24) is 0 Å². The molecule has 0 saturated carbocycles. The molecule has 0 aromatic heterocycles. The molecule has 1 aromatic rings. The Morgan fingerprint density at radius 3 is 2.65 bits per heavy atom. The molecule has 0 aliphatic heterocycles. The van der Waals surface area contributed by atoms with Crippen LogP contribution >= 0.6 is 0 Å². The van der Waals surface area contributed by atoms with Crippen molar-refractivity contribution >= 4 is 12.0 Å². The fourth-order valence-electron chi connectivity index (χ4n) is 1.30. The minimum atomic E-state index is -0.295. The monoisotopic (exact) mass is 236 g/mol. The quantitative estimate of drug-likeness (QED) is 0.736. The van der Waals surface area contributed by atoms with Crippen LogP contribution in [0, 0.1) is 0 Å². The average Bonchev–Trinajstić information content (AvgIpc) is 2.34. The van der Waals surface area contributed by atoms with Gasteiger partial charge in [-0.15, -0.1) is 0 Å². The van der Waals surface area contributed by atoms with Crippen LogP contribution in [0.25, 0.3) is 6.08 Å². The smallest absolute Gasteiger partial charge is 0.302 e. The van der Waals surface area contributed by atoms with Crippen molar-refractivity contribution in [2.45, 2.75) is 6.92 Å². The van der Waals surface area contributed by atoms with Gasteiger partial charge in [-0.3, -0.25) is 4.79 Å². The van der Waals surface area contributed by atoms with Crippen molar-refractivity contribution in [2.75, 3.05) is 20.8 Å². The summed E-state index contributed by atoms with van der Waals surface area (Å²) in [5.41, 5.74) is 0.903. The Labute approximate surface area is 101 Å². The molecule has 0 unspecified atom stereocenters. The maximum atomic E-state index is 10.6. The molecule has 0 atom stereocenters. The van der Waals surface area contributed by atoms with E-state index in [-0.39, 0.29) is 12.6 Å². The van der Waals surface area contributed by atoms with Crippen LogP contribution in [0.2, 0.25) is 0 Å². The maximum absolute atomic E-state index is 10.6. The molecule has 0 spiro atoms. The zero-order chi connectivity index (χ0) is 12.7. The Balaban J connectivity index is 2.73. The first-order chi connectivity index (χ1) is 8.17. The first kappa shape index (κ1) is 13.1. The number of hydrogen-bond acceptors (Lipinski definition) is 4. The Morgan fingerprint density at radius 1 is 1.29 bits per heavy atom. The summed E-state index contributed by atoms with van der Waals surface area (Å²) in [6.45, 7) is 1.63. The van der Waals surface area contributed by atoms with Crippen LogP contribution < -0.4 is 9.47 Å². The summed E-state index contributed by atoms with van der Waals surface area (Å²) in [7, 11) is 3.20. The highest BCUT2D eigenvalue weighted by Crippen LogP contribution is 2.25. The maximum Gasteiger partial charge on any atom is 0.302 e. The molecule has 0 saturated heterocycles. The van der Waals surface area contributed by atoms with Gasteiger partial charge >= 0.3 is 5.97 Å². The highest BCUT2D eigenvalue weighted by atomic mass is 16.5. The molecule has 0 N–H and O–H groups in total. The van der Waals surface area contributed by atoms with Gasteiger partial charge in [0.1, 0.15) is 18.1 Å². The van der Waals surface area contributed by atoms with Gasteiger partial charge in [0.25, 0.3) is 0 Å². The molecule has 0 aliphatic rings. The van der Waals surface area contributed by atoms with E-state index in [1.807, 2.05) is 18.2 Å². The van der Waals surface area contributed by atoms with Crippen LogP contribution in [0.3, 0.4) is 0 Å². The van der Waals surface area contributed by atoms with Gasteiger partial charge < -0.3 is 14.2 Å². The minimum absolute atomic E-state index is 0.254. The zero-order valence-electron chi connectivity index (χ0n) is 10.2. The van der Waals surface area contributed by atoms with Gasteiger partial charge in [-0.1, -0.05) is 6.08 Å². The van der Waals surface area contributed by atoms with Gasteiger partial charge in [0.05, 0.1) is 14.2 Å². The van der Waals surface area contributed by atoms with Gasteiger partial charge in [-0.2, -0.15) is 0 Å². The van der Waals surface area contributed by atoms with E-state index < -0.39 is 0 Å². The molecule has 0 amide bonds. The molecule has 92 valence electrons. The molecule has 0 heterocycles.